The minimum Gasteiger partial charge on any atom is -0.372 e. The summed E-state index contributed by atoms with van der Waals surface area (Å²) in [6.45, 7) is 5.52. The third-order valence-electron chi connectivity index (χ3n) is 3.71. The average molecular weight is 349 g/mol. The lowest BCUT2D eigenvalue weighted by atomic mass is 10.2. The Morgan fingerprint density at radius 1 is 1.42 bits per heavy atom. The Balaban J connectivity index is 1.88. The van der Waals surface area contributed by atoms with E-state index in [-0.39, 0.29) is 23.7 Å². The standard InChI is InChI=1S/C15H19N5O3S/c1-10-7-19(8-11(2)23-10)15-13(20(21)22)14(17-9-18-15)16-6-12-4-3-5-24-12/h3-5,9-11H,6-8H2,1-2H3,(H,16,17,18). The van der Waals surface area contributed by atoms with Gasteiger partial charge in [-0.15, -0.1) is 11.3 Å². The van der Waals surface area contributed by atoms with Crippen molar-refractivity contribution >= 4 is 28.7 Å². The van der Waals surface area contributed by atoms with Crippen LogP contribution in [0.4, 0.5) is 17.3 Å². The molecule has 0 spiro atoms. The van der Waals surface area contributed by atoms with E-state index in [2.05, 4.69) is 15.3 Å². The molecule has 2 atom stereocenters. The van der Waals surface area contributed by atoms with E-state index in [1.165, 1.54) is 6.33 Å². The van der Waals surface area contributed by atoms with Gasteiger partial charge >= 0.3 is 5.69 Å². The molecule has 2 unspecified atom stereocenters. The SMILES string of the molecule is CC1CN(c2ncnc(NCc3cccs3)c2[N+](=O)[O-])CC(C)O1. The molecule has 1 N–H and O–H groups in total. The number of nitrogens with zero attached hydrogens (tertiary/aromatic N) is 4. The molecule has 1 aliphatic heterocycles. The van der Waals surface area contributed by atoms with Crippen LogP contribution in [0.3, 0.4) is 0 Å². The number of ether oxygens (including phenoxy) is 1. The number of nitrogens with one attached hydrogen (secondary N) is 1. The van der Waals surface area contributed by atoms with Crippen molar-refractivity contribution in [3.05, 3.63) is 38.8 Å². The molecule has 9 heteroatoms. The zero-order valence-electron chi connectivity index (χ0n) is 13.5. The predicted molar refractivity (Wildman–Crippen MR) is 92.6 cm³/mol. The van der Waals surface area contributed by atoms with Crippen molar-refractivity contribution in [3.8, 4) is 0 Å². The molecule has 8 nitrogen and oxygen atoms in total. The number of nitro groups is 1. The van der Waals surface area contributed by atoms with Gasteiger partial charge in [0.25, 0.3) is 0 Å². The molecular weight excluding hydrogens is 330 g/mol. The minimum absolute atomic E-state index is 0.00847. The second-order valence-electron chi connectivity index (χ2n) is 5.75. The fraction of sp³-hybridized carbons (Fsp3) is 0.467. The van der Waals surface area contributed by atoms with Crippen molar-refractivity contribution in [3.63, 3.8) is 0 Å². The van der Waals surface area contributed by atoms with Crippen molar-refractivity contribution in [1.29, 1.82) is 0 Å². The quantitative estimate of drug-likeness (QED) is 0.655. The lowest BCUT2D eigenvalue weighted by Crippen LogP contribution is -2.46. The van der Waals surface area contributed by atoms with Crippen molar-refractivity contribution < 1.29 is 9.66 Å². The largest absolute Gasteiger partial charge is 0.372 e. The summed E-state index contributed by atoms with van der Waals surface area (Å²) in [7, 11) is 0. The number of hydrogen-bond acceptors (Lipinski definition) is 8. The molecular formula is C15H19N5O3S. The van der Waals surface area contributed by atoms with Crippen LogP contribution >= 0.6 is 11.3 Å². The zero-order valence-corrected chi connectivity index (χ0v) is 14.3. The first-order valence-corrected chi connectivity index (χ1v) is 8.58. The van der Waals surface area contributed by atoms with Crippen molar-refractivity contribution in [2.45, 2.75) is 32.6 Å². The van der Waals surface area contributed by atoms with Gasteiger partial charge in [0, 0.05) is 18.0 Å². The molecule has 3 heterocycles. The Hall–Kier alpha value is -2.26. The van der Waals surface area contributed by atoms with E-state index in [1.807, 2.05) is 36.3 Å². The second-order valence-corrected chi connectivity index (χ2v) is 6.78. The molecule has 128 valence electrons. The zero-order chi connectivity index (χ0) is 17.1. The highest BCUT2D eigenvalue weighted by Gasteiger charge is 2.31. The lowest BCUT2D eigenvalue weighted by Gasteiger charge is -2.35. The van der Waals surface area contributed by atoms with Gasteiger partial charge in [0.2, 0.25) is 11.6 Å². The molecule has 0 saturated carbocycles. The summed E-state index contributed by atoms with van der Waals surface area (Å²) in [4.78, 5) is 22.5. The van der Waals surface area contributed by atoms with Crippen LogP contribution in [0.2, 0.25) is 0 Å². The number of thiophene rings is 1. The van der Waals surface area contributed by atoms with Gasteiger partial charge in [-0.05, 0) is 25.3 Å². The fourth-order valence-corrected chi connectivity index (χ4v) is 3.48. The van der Waals surface area contributed by atoms with Gasteiger partial charge in [0.15, 0.2) is 0 Å². The number of hydrogen-bond donors (Lipinski definition) is 1. The fourth-order valence-electron chi connectivity index (χ4n) is 2.83. The second kappa shape index (κ2) is 7.10. The molecule has 2 aromatic heterocycles. The topological polar surface area (TPSA) is 93.4 Å². The Kier molecular flexibility index (Phi) is 4.91. The first-order valence-electron chi connectivity index (χ1n) is 7.70. The highest BCUT2D eigenvalue weighted by Crippen LogP contribution is 2.33. The summed E-state index contributed by atoms with van der Waals surface area (Å²) in [6.07, 6.45) is 1.35. The van der Waals surface area contributed by atoms with Crippen LogP contribution in [0.1, 0.15) is 18.7 Å². The Morgan fingerprint density at radius 2 is 2.17 bits per heavy atom. The van der Waals surface area contributed by atoms with Gasteiger partial charge in [0.1, 0.15) is 6.33 Å². The van der Waals surface area contributed by atoms with E-state index in [0.29, 0.717) is 25.5 Å². The molecule has 1 fully saturated rings. The minimum atomic E-state index is -0.420. The van der Waals surface area contributed by atoms with Gasteiger partial charge in [0.05, 0.1) is 23.7 Å². The van der Waals surface area contributed by atoms with E-state index < -0.39 is 4.92 Å². The average Bonchev–Trinajstić information content (AvgIpc) is 3.04. The third-order valence-corrected chi connectivity index (χ3v) is 4.59. The molecule has 0 amide bonds. The summed E-state index contributed by atoms with van der Waals surface area (Å²) in [6, 6.07) is 3.91. The first-order chi connectivity index (χ1) is 11.5. The van der Waals surface area contributed by atoms with Crippen LogP contribution in [-0.4, -0.2) is 40.2 Å². The van der Waals surface area contributed by atoms with Crippen molar-refractivity contribution in [2.75, 3.05) is 23.3 Å². The number of anilines is 2. The summed E-state index contributed by atoms with van der Waals surface area (Å²) >= 11 is 1.59. The van der Waals surface area contributed by atoms with Gasteiger partial charge in [-0.2, -0.15) is 0 Å². The lowest BCUT2D eigenvalue weighted by molar-refractivity contribution is -0.383. The molecule has 3 rings (SSSR count). The Bertz CT molecular complexity index is 699. The predicted octanol–water partition coefficient (Wildman–Crippen LogP) is 2.67. The summed E-state index contributed by atoms with van der Waals surface area (Å²) < 4.78 is 5.70. The maximum absolute atomic E-state index is 11.6. The van der Waals surface area contributed by atoms with Gasteiger partial charge in [-0.3, -0.25) is 10.1 Å². The normalized spacial score (nSPS) is 20.8. The maximum Gasteiger partial charge on any atom is 0.353 e. The third kappa shape index (κ3) is 3.62. The molecule has 0 radical (unpaired) electrons. The van der Waals surface area contributed by atoms with Crippen LogP contribution in [0, 0.1) is 10.1 Å². The van der Waals surface area contributed by atoms with E-state index in [4.69, 9.17) is 4.74 Å². The highest BCUT2D eigenvalue weighted by molar-refractivity contribution is 7.09. The van der Waals surface area contributed by atoms with Gasteiger partial charge in [-0.1, -0.05) is 6.07 Å². The van der Waals surface area contributed by atoms with Crippen LogP contribution in [0.15, 0.2) is 23.8 Å². The molecule has 24 heavy (non-hydrogen) atoms. The van der Waals surface area contributed by atoms with Crippen LogP contribution in [-0.2, 0) is 11.3 Å². The number of rotatable bonds is 5. The maximum atomic E-state index is 11.6. The summed E-state index contributed by atoms with van der Waals surface area (Å²) in [5, 5.41) is 16.7. The first kappa shape index (κ1) is 16.6. The van der Waals surface area contributed by atoms with Crippen LogP contribution < -0.4 is 10.2 Å². The molecule has 0 aromatic carbocycles. The highest BCUT2D eigenvalue weighted by atomic mass is 32.1. The van der Waals surface area contributed by atoms with E-state index in [0.717, 1.165) is 4.88 Å². The van der Waals surface area contributed by atoms with E-state index in [1.54, 1.807) is 11.3 Å². The van der Waals surface area contributed by atoms with Crippen molar-refractivity contribution in [2.24, 2.45) is 0 Å². The van der Waals surface area contributed by atoms with Gasteiger partial charge in [-0.25, -0.2) is 9.97 Å². The molecule has 2 aromatic rings. The monoisotopic (exact) mass is 349 g/mol. The van der Waals surface area contributed by atoms with E-state index >= 15 is 0 Å². The summed E-state index contributed by atoms with van der Waals surface area (Å²) in [5.74, 6) is 0.580. The summed E-state index contributed by atoms with van der Waals surface area (Å²) in [5.41, 5.74) is -0.0876. The number of aromatic nitrogens is 2. The Labute approximate surface area is 143 Å². The molecule has 1 saturated heterocycles. The number of morpholine rings is 1. The van der Waals surface area contributed by atoms with E-state index in [9.17, 15) is 10.1 Å². The Morgan fingerprint density at radius 3 is 2.79 bits per heavy atom. The molecule has 1 aliphatic rings. The smallest absolute Gasteiger partial charge is 0.353 e. The van der Waals surface area contributed by atoms with Crippen LogP contribution in [0.25, 0.3) is 0 Å². The molecule has 0 bridgehead atoms. The molecule has 0 aliphatic carbocycles. The van der Waals surface area contributed by atoms with Crippen molar-refractivity contribution in [1.82, 2.24) is 9.97 Å². The van der Waals surface area contributed by atoms with Gasteiger partial charge < -0.3 is 15.0 Å². The van der Waals surface area contributed by atoms with Crippen LogP contribution in [0.5, 0.6) is 0 Å².